The van der Waals surface area contributed by atoms with Gasteiger partial charge in [0.25, 0.3) is 0 Å². The van der Waals surface area contributed by atoms with Crippen LogP contribution in [0.4, 0.5) is 0 Å². The molecule has 0 unspecified atom stereocenters. The van der Waals surface area contributed by atoms with E-state index < -0.39 is 84.3 Å². The van der Waals surface area contributed by atoms with Gasteiger partial charge in [-0.15, -0.1) is 0 Å². The number of cyclic esters (lactones) is 1. The Balaban J connectivity index is 1.67. The van der Waals surface area contributed by atoms with Crippen molar-refractivity contribution in [3.8, 4) is 0 Å². The molecule has 0 aromatic heterocycles. The van der Waals surface area contributed by atoms with Gasteiger partial charge >= 0.3 is 5.97 Å². The van der Waals surface area contributed by atoms with Crippen LogP contribution in [0.2, 0.25) is 0 Å². The summed E-state index contributed by atoms with van der Waals surface area (Å²) < 4.78 is 5.67. The van der Waals surface area contributed by atoms with E-state index in [4.69, 9.17) is 4.74 Å². The highest BCUT2D eigenvalue weighted by Gasteiger charge is 2.44. The van der Waals surface area contributed by atoms with Gasteiger partial charge in [0.2, 0.25) is 35.4 Å². The largest absolute Gasteiger partial charge is 0.461 e. The molecule has 3 saturated heterocycles. The van der Waals surface area contributed by atoms with E-state index in [1.165, 1.54) is 47.7 Å². The first-order valence-electron chi connectivity index (χ1n) is 17.1. The smallest absolute Gasteiger partial charge is 0.328 e. The summed E-state index contributed by atoms with van der Waals surface area (Å²) >= 11 is 0. The monoisotopic (exact) mass is 692 g/mol. The SMILES string of the molecule is C/C=C/C=C/C(=O)N[C@@H](Cc1ccccc1)C(=O)N[C@H]1COC(=O)[C@@H]2C[C@@H](C)CN2C(=O)[C@H](C)NC(=O)[C@H](C)N(C)C(=O)[C@@H]2CCCN2C1=O. The van der Waals surface area contributed by atoms with Crippen LogP contribution in [0, 0.1) is 5.92 Å². The Morgan fingerprint density at radius 3 is 2.40 bits per heavy atom. The van der Waals surface area contributed by atoms with Crippen LogP contribution in [0.25, 0.3) is 0 Å². The molecular formula is C36H48N6O8. The average Bonchev–Trinajstić information content (AvgIpc) is 3.75. The zero-order valence-corrected chi connectivity index (χ0v) is 29.3. The Morgan fingerprint density at radius 1 is 0.980 bits per heavy atom. The molecule has 0 spiro atoms. The zero-order chi connectivity index (χ0) is 36.5. The van der Waals surface area contributed by atoms with Gasteiger partial charge in [-0.3, -0.25) is 28.8 Å². The first-order valence-corrected chi connectivity index (χ1v) is 17.1. The van der Waals surface area contributed by atoms with Crippen molar-refractivity contribution in [3.05, 3.63) is 60.2 Å². The van der Waals surface area contributed by atoms with Gasteiger partial charge in [0.1, 0.15) is 42.9 Å². The molecule has 3 aliphatic rings. The van der Waals surface area contributed by atoms with Crippen molar-refractivity contribution >= 4 is 41.4 Å². The highest BCUT2D eigenvalue weighted by molar-refractivity contribution is 5.98. The molecule has 270 valence electrons. The Kier molecular flexibility index (Phi) is 12.9. The predicted octanol–water partition coefficient (Wildman–Crippen LogP) is 0.467. The maximum atomic E-state index is 14.2. The third-order valence-corrected chi connectivity index (χ3v) is 9.40. The van der Waals surface area contributed by atoms with Gasteiger partial charge in [-0.25, -0.2) is 4.79 Å². The standard InChI is InChI=1S/C36H48N6O8/c1-6-7-9-16-30(43)38-26(19-25-13-10-8-11-14-25)32(45)39-27-21-50-36(49)29-18-22(2)20-42(29)33(46)23(3)37-31(44)24(4)40(5)35(48)28-15-12-17-41(28)34(27)47/h6-11,13-14,16,22-24,26-29H,12,15,17-21H2,1-5H3,(H,37,44)(H,38,43)(H,39,45)/b7-6+,16-9+/t22-,23+,24+,26+,27+,28+,29+/m1/s1. The van der Waals surface area contributed by atoms with Gasteiger partial charge in [0, 0.05) is 32.6 Å². The first-order chi connectivity index (χ1) is 23.8. The van der Waals surface area contributed by atoms with E-state index in [2.05, 4.69) is 16.0 Å². The first kappa shape index (κ1) is 37.8. The van der Waals surface area contributed by atoms with Crippen molar-refractivity contribution in [3.63, 3.8) is 0 Å². The molecule has 50 heavy (non-hydrogen) atoms. The summed E-state index contributed by atoms with van der Waals surface area (Å²) in [5.41, 5.74) is 0.752. The van der Waals surface area contributed by atoms with E-state index in [1.807, 2.05) is 13.0 Å². The summed E-state index contributed by atoms with van der Waals surface area (Å²) in [6.07, 6.45) is 7.43. The minimum atomic E-state index is -1.42. The minimum absolute atomic E-state index is 0.0455. The molecule has 0 radical (unpaired) electrons. The topological polar surface area (TPSA) is 175 Å². The average molecular weight is 693 g/mol. The molecule has 0 saturated carbocycles. The number of amides is 6. The molecule has 0 bridgehead atoms. The Bertz CT molecular complexity index is 1510. The van der Waals surface area contributed by atoms with E-state index in [0.29, 0.717) is 19.3 Å². The van der Waals surface area contributed by atoms with Crippen LogP contribution < -0.4 is 16.0 Å². The van der Waals surface area contributed by atoms with Crippen molar-refractivity contribution in [1.82, 2.24) is 30.7 Å². The van der Waals surface area contributed by atoms with Gasteiger partial charge in [-0.05, 0) is 51.5 Å². The summed E-state index contributed by atoms with van der Waals surface area (Å²) in [6.45, 7) is 6.62. The molecule has 14 nitrogen and oxygen atoms in total. The second-order valence-corrected chi connectivity index (χ2v) is 13.2. The Hall–Kier alpha value is -5.01. The number of esters is 1. The molecule has 3 heterocycles. The number of hydrogen-bond acceptors (Lipinski definition) is 8. The molecule has 14 heteroatoms. The zero-order valence-electron chi connectivity index (χ0n) is 29.3. The number of likely N-dealkylation sites (N-methyl/N-ethyl adjacent to an activating group) is 1. The van der Waals surface area contributed by atoms with Gasteiger partial charge in [0.05, 0.1) is 0 Å². The number of benzene rings is 1. The fraction of sp³-hybridized carbons (Fsp3) is 0.528. The molecule has 1 aromatic rings. The van der Waals surface area contributed by atoms with Crippen LogP contribution in [-0.2, 0) is 44.7 Å². The highest BCUT2D eigenvalue weighted by atomic mass is 16.5. The second-order valence-electron chi connectivity index (χ2n) is 13.2. The number of rotatable bonds is 7. The van der Waals surface area contributed by atoms with Gasteiger partial charge in [-0.1, -0.05) is 55.5 Å². The number of carbonyl (C=O) groups is 7. The Morgan fingerprint density at radius 2 is 1.70 bits per heavy atom. The second kappa shape index (κ2) is 17.1. The predicted molar refractivity (Wildman–Crippen MR) is 183 cm³/mol. The molecule has 3 aliphatic heterocycles. The number of carbonyl (C=O) groups excluding carboxylic acids is 7. The maximum absolute atomic E-state index is 14.2. The van der Waals surface area contributed by atoms with E-state index in [1.54, 1.807) is 43.3 Å². The number of nitrogens with one attached hydrogen (secondary N) is 3. The maximum Gasteiger partial charge on any atom is 0.328 e. The van der Waals surface area contributed by atoms with Crippen LogP contribution in [-0.4, -0.2) is 119 Å². The third-order valence-electron chi connectivity index (χ3n) is 9.40. The van der Waals surface area contributed by atoms with Crippen LogP contribution in [0.1, 0.15) is 52.5 Å². The summed E-state index contributed by atoms with van der Waals surface area (Å²) in [7, 11) is 1.46. The number of ether oxygens (including phenoxy) is 1. The summed E-state index contributed by atoms with van der Waals surface area (Å²) in [6, 6.07) is 2.63. The van der Waals surface area contributed by atoms with Crippen molar-refractivity contribution in [2.24, 2.45) is 5.92 Å². The number of fused-ring (bicyclic) bond motifs is 2. The molecule has 7 atom stereocenters. The Labute approximate surface area is 292 Å². The van der Waals surface area contributed by atoms with Crippen LogP contribution in [0.5, 0.6) is 0 Å². The van der Waals surface area contributed by atoms with Crippen molar-refractivity contribution < 1.29 is 38.3 Å². The van der Waals surface area contributed by atoms with Crippen molar-refractivity contribution in [2.45, 2.75) is 89.6 Å². The van der Waals surface area contributed by atoms with Crippen LogP contribution >= 0.6 is 0 Å². The lowest BCUT2D eigenvalue weighted by atomic mass is 10.0. The fourth-order valence-electron chi connectivity index (χ4n) is 6.49. The number of allylic oxidation sites excluding steroid dienone is 3. The summed E-state index contributed by atoms with van der Waals surface area (Å²) in [4.78, 5) is 98.8. The lowest BCUT2D eigenvalue weighted by molar-refractivity contribution is -0.158. The molecular weight excluding hydrogens is 644 g/mol. The highest BCUT2D eigenvalue weighted by Crippen LogP contribution is 2.26. The number of nitrogens with zero attached hydrogens (tertiary/aromatic N) is 3. The minimum Gasteiger partial charge on any atom is -0.461 e. The lowest BCUT2D eigenvalue weighted by Gasteiger charge is -2.34. The summed E-state index contributed by atoms with van der Waals surface area (Å²) in [5.74, 6) is -4.22. The van der Waals surface area contributed by atoms with Gasteiger partial charge in [-0.2, -0.15) is 0 Å². The molecule has 0 aliphatic carbocycles. The molecule has 3 N–H and O–H groups in total. The molecule has 4 rings (SSSR count). The quantitative estimate of drug-likeness (QED) is 0.210. The number of hydrogen-bond donors (Lipinski definition) is 3. The van der Waals surface area contributed by atoms with E-state index >= 15 is 0 Å². The third kappa shape index (κ3) is 9.16. The van der Waals surface area contributed by atoms with Gasteiger partial charge in [0.15, 0.2) is 0 Å². The van der Waals surface area contributed by atoms with Crippen LogP contribution in [0.3, 0.4) is 0 Å². The van der Waals surface area contributed by atoms with Gasteiger partial charge < -0.3 is 35.4 Å². The van der Waals surface area contributed by atoms with E-state index in [-0.39, 0.29) is 25.4 Å². The normalized spacial score (nSPS) is 27.6. The van der Waals surface area contributed by atoms with E-state index in [9.17, 15) is 33.6 Å². The van der Waals surface area contributed by atoms with Crippen LogP contribution in [0.15, 0.2) is 54.6 Å². The van der Waals surface area contributed by atoms with Crippen molar-refractivity contribution in [2.75, 3.05) is 26.7 Å². The molecule has 6 amide bonds. The fourth-order valence-corrected chi connectivity index (χ4v) is 6.49. The van der Waals surface area contributed by atoms with E-state index in [0.717, 1.165) is 5.56 Å². The lowest BCUT2D eigenvalue weighted by Crippen LogP contribution is -2.60. The summed E-state index contributed by atoms with van der Waals surface area (Å²) in [5, 5.41) is 8.06. The molecule has 1 aromatic carbocycles. The molecule has 3 fully saturated rings. The van der Waals surface area contributed by atoms with Crippen molar-refractivity contribution in [1.29, 1.82) is 0 Å².